The molecule has 0 aliphatic carbocycles. The summed E-state index contributed by atoms with van der Waals surface area (Å²) in [6, 6.07) is 4.30. The molecule has 0 fully saturated rings. The normalized spacial score (nSPS) is 15.0. The SMILES string of the molecule is Cc1c(F)cccc1NC(=S)C1=C(O)CCN(C(=O)O)C1=O. The highest BCUT2D eigenvalue weighted by molar-refractivity contribution is 7.81. The second-order valence-electron chi connectivity index (χ2n) is 4.68. The zero-order chi connectivity index (χ0) is 16.4. The first-order valence-corrected chi connectivity index (χ1v) is 6.77. The lowest BCUT2D eigenvalue weighted by Crippen LogP contribution is -2.43. The van der Waals surface area contributed by atoms with Crippen LogP contribution in [-0.2, 0) is 4.79 Å². The Balaban J connectivity index is 2.30. The van der Waals surface area contributed by atoms with E-state index >= 15 is 0 Å². The Kier molecular flexibility index (Phi) is 4.41. The molecule has 1 aliphatic heterocycles. The number of aliphatic hydroxyl groups excluding tert-OH is 1. The van der Waals surface area contributed by atoms with E-state index in [9.17, 15) is 19.1 Å². The van der Waals surface area contributed by atoms with Crippen molar-refractivity contribution in [1.29, 1.82) is 0 Å². The zero-order valence-electron chi connectivity index (χ0n) is 11.6. The number of carbonyl (C=O) groups excluding carboxylic acids is 1. The number of imide groups is 1. The molecule has 0 spiro atoms. The van der Waals surface area contributed by atoms with Crippen LogP contribution in [-0.4, -0.2) is 38.6 Å². The molecule has 0 radical (unpaired) electrons. The maximum Gasteiger partial charge on any atom is 0.414 e. The standard InChI is InChI=1S/C14H13FN2O4S/c1-7-8(15)3-2-4-9(7)16-12(22)11-10(18)5-6-17(13(11)19)14(20)21/h2-4,18H,5-6H2,1H3,(H,16,22)(H,20,21). The van der Waals surface area contributed by atoms with Gasteiger partial charge >= 0.3 is 6.09 Å². The summed E-state index contributed by atoms with van der Waals surface area (Å²) >= 11 is 5.06. The summed E-state index contributed by atoms with van der Waals surface area (Å²) in [5, 5.41) is 21.5. The van der Waals surface area contributed by atoms with Crippen molar-refractivity contribution in [3.63, 3.8) is 0 Å². The van der Waals surface area contributed by atoms with Crippen molar-refractivity contribution < 1.29 is 24.2 Å². The van der Waals surface area contributed by atoms with Crippen molar-refractivity contribution in [2.75, 3.05) is 11.9 Å². The molecule has 1 aromatic rings. The highest BCUT2D eigenvalue weighted by Gasteiger charge is 2.33. The fourth-order valence-electron chi connectivity index (χ4n) is 2.04. The van der Waals surface area contributed by atoms with Crippen molar-refractivity contribution in [1.82, 2.24) is 4.90 Å². The van der Waals surface area contributed by atoms with Gasteiger partial charge in [0.25, 0.3) is 5.91 Å². The predicted molar refractivity (Wildman–Crippen MR) is 81.4 cm³/mol. The van der Waals surface area contributed by atoms with Crippen LogP contribution in [0.15, 0.2) is 29.5 Å². The second kappa shape index (κ2) is 6.10. The third-order valence-electron chi connectivity index (χ3n) is 3.29. The van der Waals surface area contributed by atoms with E-state index in [0.29, 0.717) is 16.2 Å². The molecule has 0 saturated carbocycles. The lowest BCUT2D eigenvalue weighted by atomic mass is 10.1. The first-order valence-electron chi connectivity index (χ1n) is 6.36. The molecule has 22 heavy (non-hydrogen) atoms. The first-order chi connectivity index (χ1) is 10.3. The molecule has 0 saturated heterocycles. The number of benzene rings is 1. The molecule has 1 heterocycles. The monoisotopic (exact) mass is 324 g/mol. The Hall–Kier alpha value is -2.48. The second-order valence-corrected chi connectivity index (χ2v) is 5.09. The van der Waals surface area contributed by atoms with Gasteiger partial charge in [-0.3, -0.25) is 4.79 Å². The third-order valence-corrected chi connectivity index (χ3v) is 3.60. The average Bonchev–Trinajstić information content (AvgIpc) is 2.43. The van der Waals surface area contributed by atoms with Crippen LogP contribution in [0.3, 0.4) is 0 Å². The summed E-state index contributed by atoms with van der Waals surface area (Å²) in [5.41, 5.74) is 0.348. The number of hydrogen-bond donors (Lipinski definition) is 3. The van der Waals surface area contributed by atoms with E-state index in [2.05, 4.69) is 5.32 Å². The van der Waals surface area contributed by atoms with E-state index < -0.39 is 17.8 Å². The van der Waals surface area contributed by atoms with Crippen LogP contribution in [0.4, 0.5) is 14.9 Å². The Morgan fingerprint density at radius 3 is 2.77 bits per heavy atom. The highest BCUT2D eigenvalue weighted by Crippen LogP contribution is 2.23. The summed E-state index contributed by atoms with van der Waals surface area (Å²) in [4.78, 5) is 23.5. The van der Waals surface area contributed by atoms with E-state index in [1.807, 2.05) is 0 Å². The molecular weight excluding hydrogens is 311 g/mol. The fraction of sp³-hybridized carbons (Fsp3) is 0.214. The van der Waals surface area contributed by atoms with Gasteiger partial charge in [-0.15, -0.1) is 0 Å². The van der Waals surface area contributed by atoms with Crippen LogP contribution >= 0.6 is 12.2 Å². The molecule has 6 nitrogen and oxygen atoms in total. The molecule has 0 bridgehead atoms. The number of nitrogens with zero attached hydrogens (tertiary/aromatic N) is 1. The van der Waals surface area contributed by atoms with Gasteiger partial charge in [-0.25, -0.2) is 14.1 Å². The minimum atomic E-state index is -1.42. The van der Waals surface area contributed by atoms with Crippen LogP contribution in [0.2, 0.25) is 0 Å². The van der Waals surface area contributed by atoms with E-state index in [4.69, 9.17) is 17.3 Å². The topological polar surface area (TPSA) is 89.9 Å². The minimum absolute atomic E-state index is 0.0165. The maximum absolute atomic E-state index is 13.5. The van der Waals surface area contributed by atoms with Crippen LogP contribution in [0.25, 0.3) is 0 Å². The summed E-state index contributed by atoms with van der Waals surface area (Å²) in [7, 11) is 0. The molecule has 1 aliphatic rings. The average molecular weight is 324 g/mol. The number of aliphatic hydroxyl groups is 1. The molecule has 0 unspecified atom stereocenters. The van der Waals surface area contributed by atoms with Gasteiger partial charge in [0, 0.05) is 24.2 Å². The van der Waals surface area contributed by atoms with Crippen molar-refractivity contribution in [3.05, 3.63) is 40.9 Å². The van der Waals surface area contributed by atoms with Crippen LogP contribution in [0.1, 0.15) is 12.0 Å². The largest absolute Gasteiger partial charge is 0.511 e. The molecule has 3 N–H and O–H groups in total. The van der Waals surface area contributed by atoms with Gasteiger partial charge in [0.05, 0.1) is 0 Å². The van der Waals surface area contributed by atoms with Crippen LogP contribution in [0, 0.1) is 12.7 Å². The quantitative estimate of drug-likeness (QED) is 0.725. The molecule has 116 valence electrons. The first kappa shape index (κ1) is 15.9. The lowest BCUT2D eigenvalue weighted by molar-refractivity contribution is -0.125. The minimum Gasteiger partial charge on any atom is -0.511 e. The van der Waals surface area contributed by atoms with E-state index in [-0.39, 0.29) is 29.3 Å². The van der Waals surface area contributed by atoms with Gasteiger partial charge in [0.2, 0.25) is 0 Å². The summed E-state index contributed by atoms with van der Waals surface area (Å²) < 4.78 is 13.5. The van der Waals surface area contributed by atoms with Crippen molar-refractivity contribution >= 4 is 34.9 Å². The molecule has 2 amide bonds. The predicted octanol–water partition coefficient (Wildman–Crippen LogP) is 2.60. The summed E-state index contributed by atoms with van der Waals surface area (Å²) in [5.74, 6) is -1.63. The molecule has 2 rings (SSSR count). The van der Waals surface area contributed by atoms with Gasteiger partial charge < -0.3 is 15.5 Å². The zero-order valence-corrected chi connectivity index (χ0v) is 12.4. The van der Waals surface area contributed by atoms with Crippen molar-refractivity contribution in [2.45, 2.75) is 13.3 Å². The molecule has 8 heteroatoms. The summed E-state index contributed by atoms with van der Waals surface area (Å²) in [6.07, 6.45) is -1.43. The Labute approximate surface area is 130 Å². The van der Waals surface area contributed by atoms with Gasteiger partial charge in [-0.1, -0.05) is 18.3 Å². The number of anilines is 1. The Morgan fingerprint density at radius 2 is 2.14 bits per heavy atom. The number of hydrogen-bond acceptors (Lipinski definition) is 4. The molecule has 0 atom stereocenters. The van der Waals surface area contributed by atoms with Gasteiger partial charge in [0.15, 0.2) is 0 Å². The molecule has 0 aromatic heterocycles. The number of carboxylic acid groups (broad SMARTS) is 1. The van der Waals surface area contributed by atoms with E-state index in [1.54, 1.807) is 6.07 Å². The number of rotatable bonds is 2. The number of amides is 2. The van der Waals surface area contributed by atoms with Crippen LogP contribution in [0.5, 0.6) is 0 Å². The fourth-order valence-corrected chi connectivity index (χ4v) is 2.36. The van der Waals surface area contributed by atoms with Crippen molar-refractivity contribution in [3.8, 4) is 0 Å². The van der Waals surface area contributed by atoms with Crippen molar-refractivity contribution in [2.24, 2.45) is 0 Å². The maximum atomic E-state index is 13.5. The number of carbonyl (C=O) groups is 2. The number of thiocarbonyl (C=S) groups is 1. The van der Waals surface area contributed by atoms with Crippen LogP contribution < -0.4 is 5.32 Å². The molecular formula is C14H13FN2O4S. The van der Waals surface area contributed by atoms with E-state index in [0.717, 1.165) is 0 Å². The van der Waals surface area contributed by atoms with E-state index in [1.165, 1.54) is 19.1 Å². The molecule has 1 aromatic carbocycles. The number of nitrogens with one attached hydrogen (secondary N) is 1. The third kappa shape index (κ3) is 2.91. The number of halogens is 1. The van der Waals surface area contributed by atoms with Gasteiger partial charge in [0.1, 0.15) is 22.1 Å². The lowest BCUT2D eigenvalue weighted by Gasteiger charge is -2.25. The summed E-state index contributed by atoms with van der Waals surface area (Å²) in [6.45, 7) is 1.39. The highest BCUT2D eigenvalue weighted by atomic mass is 32.1. The Morgan fingerprint density at radius 1 is 1.45 bits per heavy atom. The van der Waals surface area contributed by atoms with Gasteiger partial charge in [-0.2, -0.15) is 0 Å². The smallest absolute Gasteiger partial charge is 0.414 e. The Bertz CT molecular complexity index is 702. The van der Waals surface area contributed by atoms with Gasteiger partial charge in [-0.05, 0) is 19.1 Å².